The maximum absolute atomic E-state index is 9.21. The van der Waals surface area contributed by atoms with Crippen molar-refractivity contribution in [2.24, 2.45) is 0 Å². The summed E-state index contributed by atoms with van der Waals surface area (Å²) in [5, 5.41) is 9.21. The van der Waals surface area contributed by atoms with E-state index >= 15 is 0 Å². The molecule has 84 valence electrons. The summed E-state index contributed by atoms with van der Waals surface area (Å²) >= 11 is 1.56. The van der Waals surface area contributed by atoms with Crippen molar-refractivity contribution in [2.45, 2.75) is 20.1 Å². The predicted octanol–water partition coefficient (Wildman–Crippen LogP) is 2.52. The van der Waals surface area contributed by atoms with Gasteiger partial charge in [0.2, 0.25) is 0 Å². The highest BCUT2D eigenvalue weighted by atomic mass is 32.1. The molecular weight excluding hydrogens is 222 g/mol. The molecule has 4 heteroatoms. The van der Waals surface area contributed by atoms with Gasteiger partial charge < -0.3 is 9.84 Å². The number of rotatable bonds is 4. The van der Waals surface area contributed by atoms with E-state index in [0.717, 1.165) is 21.8 Å². The molecule has 0 atom stereocenters. The molecule has 0 aliphatic carbocycles. The van der Waals surface area contributed by atoms with E-state index in [2.05, 4.69) is 4.98 Å². The molecule has 0 aliphatic rings. The first-order chi connectivity index (χ1) is 7.81. The molecule has 0 fully saturated rings. The van der Waals surface area contributed by atoms with Gasteiger partial charge in [0, 0.05) is 11.8 Å². The normalized spacial score (nSPS) is 10.4. The van der Waals surface area contributed by atoms with Crippen LogP contribution in [0.4, 0.5) is 0 Å². The molecule has 0 amide bonds. The molecule has 3 nitrogen and oxygen atoms in total. The minimum Gasteiger partial charge on any atom is -0.487 e. The van der Waals surface area contributed by atoms with Gasteiger partial charge in [0.1, 0.15) is 12.4 Å². The Balaban J connectivity index is 2.14. The van der Waals surface area contributed by atoms with Crippen molar-refractivity contribution >= 4 is 11.3 Å². The zero-order chi connectivity index (χ0) is 11.4. The van der Waals surface area contributed by atoms with Gasteiger partial charge in [0.25, 0.3) is 0 Å². The van der Waals surface area contributed by atoms with Gasteiger partial charge in [-0.15, -0.1) is 11.3 Å². The Bertz CT molecular complexity index is 454. The van der Waals surface area contributed by atoms with Crippen LogP contribution >= 0.6 is 11.3 Å². The molecule has 0 saturated carbocycles. The summed E-state index contributed by atoms with van der Waals surface area (Å²) in [6.45, 7) is 2.48. The summed E-state index contributed by atoms with van der Waals surface area (Å²) in [4.78, 5) is 5.06. The fraction of sp³-hybridized carbons (Fsp3) is 0.250. The highest BCUT2D eigenvalue weighted by Crippen LogP contribution is 2.24. The fourth-order valence-electron chi connectivity index (χ4n) is 1.50. The SMILES string of the molecule is Cc1cccc(CO)c1OCc1cncs1. The molecule has 0 bridgehead atoms. The standard InChI is InChI=1S/C12H13NO2S/c1-9-3-2-4-10(6-14)12(9)15-7-11-5-13-8-16-11/h2-5,8,14H,6-7H2,1H3. The van der Waals surface area contributed by atoms with Crippen LogP contribution in [0.3, 0.4) is 0 Å². The number of hydrogen-bond donors (Lipinski definition) is 1. The molecule has 2 rings (SSSR count). The van der Waals surface area contributed by atoms with Gasteiger partial charge in [-0.25, -0.2) is 0 Å². The van der Waals surface area contributed by atoms with Crippen molar-refractivity contribution in [2.75, 3.05) is 0 Å². The molecule has 1 heterocycles. The van der Waals surface area contributed by atoms with E-state index in [1.807, 2.05) is 25.1 Å². The van der Waals surface area contributed by atoms with Gasteiger partial charge in [-0.2, -0.15) is 0 Å². The van der Waals surface area contributed by atoms with E-state index < -0.39 is 0 Å². The lowest BCUT2D eigenvalue weighted by Gasteiger charge is -2.11. The van der Waals surface area contributed by atoms with E-state index in [9.17, 15) is 5.11 Å². The van der Waals surface area contributed by atoms with Crippen LogP contribution in [0.1, 0.15) is 16.0 Å². The maximum Gasteiger partial charge on any atom is 0.128 e. The van der Waals surface area contributed by atoms with Crippen LogP contribution in [0, 0.1) is 6.92 Å². The third-order valence-corrected chi connectivity index (χ3v) is 3.06. The number of benzene rings is 1. The largest absolute Gasteiger partial charge is 0.487 e. The number of aliphatic hydroxyl groups is 1. The second kappa shape index (κ2) is 5.09. The van der Waals surface area contributed by atoms with Crippen molar-refractivity contribution < 1.29 is 9.84 Å². The molecule has 0 spiro atoms. The van der Waals surface area contributed by atoms with Crippen molar-refractivity contribution in [1.29, 1.82) is 0 Å². The minimum absolute atomic E-state index is 0.000294. The van der Waals surface area contributed by atoms with E-state index in [-0.39, 0.29) is 6.61 Å². The third kappa shape index (κ3) is 2.40. The monoisotopic (exact) mass is 235 g/mol. The van der Waals surface area contributed by atoms with Crippen LogP contribution in [0.25, 0.3) is 0 Å². The smallest absolute Gasteiger partial charge is 0.128 e. The lowest BCUT2D eigenvalue weighted by Crippen LogP contribution is -1.99. The van der Waals surface area contributed by atoms with E-state index in [1.54, 1.807) is 23.0 Å². The average molecular weight is 235 g/mol. The number of aryl methyl sites for hydroxylation is 1. The second-order valence-electron chi connectivity index (χ2n) is 3.48. The van der Waals surface area contributed by atoms with Crippen molar-refractivity contribution in [3.63, 3.8) is 0 Å². The van der Waals surface area contributed by atoms with Crippen LogP contribution in [0.15, 0.2) is 29.9 Å². The van der Waals surface area contributed by atoms with Gasteiger partial charge in [-0.1, -0.05) is 18.2 Å². The van der Waals surface area contributed by atoms with Crippen molar-refractivity contribution in [3.8, 4) is 5.75 Å². The van der Waals surface area contributed by atoms with Crippen molar-refractivity contribution in [1.82, 2.24) is 4.98 Å². The Hall–Kier alpha value is -1.39. The Morgan fingerprint density at radius 1 is 1.44 bits per heavy atom. The summed E-state index contributed by atoms with van der Waals surface area (Å²) in [6.07, 6.45) is 1.79. The Kier molecular flexibility index (Phi) is 3.54. The van der Waals surface area contributed by atoms with Crippen molar-refractivity contribution in [3.05, 3.63) is 45.9 Å². The number of para-hydroxylation sites is 1. The highest BCUT2D eigenvalue weighted by Gasteiger charge is 2.06. The summed E-state index contributed by atoms with van der Waals surface area (Å²) in [5.41, 5.74) is 3.64. The quantitative estimate of drug-likeness (QED) is 0.885. The summed E-state index contributed by atoms with van der Waals surface area (Å²) < 4.78 is 5.71. The van der Waals surface area contributed by atoms with E-state index in [0.29, 0.717) is 6.61 Å². The molecule has 0 unspecified atom stereocenters. The van der Waals surface area contributed by atoms with Gasteiger partial charge in [0.05, 0.1) is 17.0 Å². The number of hydrogen-bond acceptors (Lipinski definition) is 4. The molecular formula is C12H13NO2S. The van der Waals surface area contributed by atoms with Crippen LogP contribution in [-0.4, -0.2) is 10.1 Å². The van der Waals surface area contributed by atoms with E-state index in [4.69, 9.17) is 4.74 Å². The average Bonchev–Trinajstić information content (AvgIpc) is 2.80. The fourth-order valence-corrected chi connectivity index (χ4v) is 2.01. The predicted molar refractivity (Wildman–Crippen MR) is 63.5 cm³/mol. The number of nitrogens with zero attached hydrogens (tertiary/aromatic N) is 1. The highest BCUT2D eigenvalue weighted by molar-refractivity contribution is 7.09. The summed E-state index contributed by atoms with van der Waals surface area (Å²) in [7, 11) is 0. The first kappa shape index (κ1) is 11.1. The topological polar surface area (TPSA) is 42.4 Å². The second-order valence-corrected chi connectivity index (χ2v) is 4.45. The number of thiazole rings is 1. The molecule has 1 aromatic heterocycles. The molecule has 1 aromatic carbocycles. The molecule has 1 N–H and O–H groups in total. The molecule has 0 radical (unpaired) electrons. The number of aliphatic hydroxyl groups excluding tert-OH is 1. The van der Waals surface area contributed by atoms with Crippen LogP contribution in [-0.2, 0) is 13.2 Å². The number of aromatic nitrogens is 1. The van der Waals surface area contributed by atoms with Gasteiger partial charge in [0.15, 0.2) is 0 Å². The number of ether oxygens (including phenoxy) is 1. The zero-order valence-corrected chi connectivity index (χ0v) is 9.83. The Morgan fingerprint density at radius 3 is 3.00 bits per heavy atom. The first-order valence-corrected chi connectivity index (χ1v) is 5.88. The van der Waals surface area contributed by atoms with E-state index in [1.165, 1.54) is 0 Å². The van der Waals surface area contributed by atoms with Gasteiger partial charge in [-0.3, -0.25) is 4.98 Å². The lowest BCUT2D eigenvalue weighted by molar-refractivity contribution is 0.259. The molecule has 16 heavy (non-hydrogen) atoms. The van der Waals surface area contributed by atoms with Crippen LogP contribution < -0.4 is 4.74 Å². The van der Waals surface area contributed by atoms with Crippen LogP contribution in [0.5, 0.6) is 5.75 Å². The first-order valence-electron chi connectivity index (χ1n) is 5.01. The van der Waals surface area contributed by atoms with Gasteiger partial charge in [-0.05, 0) is 12.5 Å². The summed E-state index contributed by atoms with van der Waals surface area (Å²) in [5.74, 6) is 0.776. The third-order valence-electron chi connectivity index (χ3n) is 2.31. The van der Waals surface area contributed by atoms with Gasteiger partial charge >= 0.3 is 0 Å². The lowest BCUT2D eigenvalue weighted by atomic mass is 10.1. The Labute approximate surface area is 98.4 Å². The Morgan fingerprint density at radius 2 is 2.31 bits per heavy atom. The zero-order valence-electron chi connectivity index (χ0n) is 9.01. The maximum atomic E-state index is 9.21. The minimum atomic E-state index is -0.000294. The van der Waals surface area contributed by atoms with Crippen LogP contribution in [0.2, 0.25) is 0 Å². The molecule has 0 saturated heterocycles. The molecule has 0 aliphatic heterocycles. The summed E-state index contributed by atoms with van der Waals surface area (Å²) in [6, 6.07) is 5.76. The molecule has 2 aromatic rings.